The standard InChI is InChI=1S/C20H26N4O4/c1-3-28-15-6-4-13(5-7-15)10-14(20(26)27-2)11-22-19(25)18-16-12-21-9-8-17(16)23-24-18/h4-7,14,21H,3,8-12H2,1-2H3,(H,22,25)(H,23,24). The van der Waals surface area contributed by atoms with Crippen molar-refractivity contribution in [2.75, 3.05) is 26.8 Å². The van der Waals surface area contributed by atoms with Crippen LogP contribution in [0.2, 0.25) is 0 Å². The van der Waals surface area contributed by atoms with Crippen LogP contribution in [0, 0.1) is 5.92 Å². The average molecular weight is 386 g/mol. The predicted octanol–water partition coefficient (Wildman–Crippen LogP) is 1.22. The van der Waals surface area contributed by atoms with Crippen LogP contribution in [0.1, 0.15) is 34.2 Å². The number of amides is 1. The first kappa shape index (κ1) is 19.9. The lowest BCUT2D eigenvalue weighted by molar-refractivity contribution is -0.145. The molecule has 1 aliphatic rings. The second-order valence-electron chi connectivity index (χ2n) is 6.67. The summed E-state index contributed by atoms with van der Waals surface area (Å²) in [6.45, 7) is 4.18. The van der Waals surface area contributed by atoms with Crippen LogP contribution in [0.25, 0.3) is 0 Å². The largest absolute Gasteiger partial charge is 0.494 e. The first-order valence-corrected chi connectivity index (χ1v) is 9.47. The molecule has 8 nitrogen and oxygen atoms in total. The Bertz CT molecular complexity index is 816. The van der Waals surface area contributed by atoms with Crippen LogP contribution in [-0.2, 0) is 28.9 Å². The number of nitrogens with zero attached hydrogens (tertiary/aromatic N) is 1. The van der Waals surface area contributed by atoms with Crippen molar-refractivity contribution in [3.05, 3.63) is 46.8 Å². The number of carbonyl (C=O) groups excluding carboxylic acids is 2. The molecule has 3 rings (SSSR count). The average Bonchev–Trinajstić information content (AvgIpc) is 3.16. The molecule has 0 bridgehead atoms. The number of esters is 1. The molecule has 1 aromatic carbocycles. The fraction of sp³-hybridized carbons (Fsp3) is 0.450. The number of aromatic amines is 1. The predicted molar refractivity (Wildman–Crippen MR) is 103 cm³/mol. The van der Waals surface area contributed by atoms with Crippen molar-refractivity contribution in [1.29, 1.82) is 0 Å². The summed E-state index contributed by atoms with van der Waals surface area (Å²) in [5.41, 5.74) is 3.23. The number of rotatable bonds is 8. The molecule has 0 fully saturated rings. The molecule has 0 saturated carbocycles. The summed E-state index contributed by atoms with van der Waals surface area (Å²) >= 11 is 0. The van der Waals surface area contributed by atoms with Gasteiger partial charge in [0.05, 0.1) is 19.6 Å². The Labute approximate surface area is 164 Å². The number of ether oxygens (including phenoxy) is 2. The van der Waals surface area contributed by atoms with Gasteiger partial charge in [-0.05, 0) is 31.0 Å². The normalized spacial score (nSPS) is 14.1. The molecule has 1 unspecified atom stereocenters. The quantitative estimate of drug-likeness (QED) is 0.589. The van der Waals surface area contributed by atoms with E-state index in [0.717, 1.165) is 35.5 Å². The zero-order chi connectivity index (χ0) is 19.9. The highest BCUT2D eigenvalue weighted by molar-refractivity contribution is 5.94. The second kappa shape index (κ2) is 9.36. The van der Waals surface area contributed by atoms with E-state index in [1.807, 2.05) is 31.2 Å². The third-order valence-electron chi connectivity index (χ3n) is 4.78. The Kier molecular flexibility index (Phi) is 6.65. The minimum absolute atomic E-state index is 0.174. The van der Waals surface area contributed by atoms with Crippen LogP contribution in [0.3, 0.4) is 0 Å². The molecule has 2 heterocycles. The minimum Gasteiger partial charge on any atom is -0.494 e. The molecule has 28 heavy (non-hydrogen) atoms. The summed E-state index contributed by atoms with van der Waals surface area (Å²) < 4.78 is 10.4. The number of H-pyrrole nitrogens is 1. The summed E-state index contributed by atoms with van der Waals surface area (Å²) in [6.07, 6.45) is 1.28. The molecule has 2 aromatic rings. The van der Waals surface area contributed by atoms with Gasteiger partial charge in [-0.3, -0.25) is 14.7 Å². The van der Waals surface area contributed by atoms with Gasteiger partial charge < -0.3 is 20.1 Å². The van der Waals surface area contributed by atoms with Crippen LogP contribution in [0.5, 0.6) is 5.75 Å². The van der Waals surface area contributed by atoms with Crippen molar-refractivity contribution in [2.24, 2.45) is 5.92 Å². The maximum Gasteiger partial charge on any atom is 0.310 e. The number of carbonyl (C=O) groups is 2. The maximum atomic E-state index is 12.6. The van der Waals surface area contributed by atoms with E-state index in [4.69, 9.17) is 9.47 Å². The number of benzene rings is 1. The number of methoxy groups -OCH3 is 1. The van der Waals surface area contributed by atoms with Gasteiger partial charge in [0.25, 0.3) is 5.91 Å². The number of fused-ring (bicyclic) bond motifs is 1. The maximum absolute atomic E-state index is 12.6. The lowest BCUT2D eigenvalue weighted by Gasteiger charge is -2.16. The number of hydrogen-bond acceptors (Lipinski definition) is 6. The van der Waals surface area contributed by atoms with Gasteiger partial charge in [0, 0.05) is 37.3 Å². The van der Waals surface area contributed by atoms with Crippen molar-refractivity contribution in [2.45, 2.75) is 26.3 Å². The third-order valence-corrected chi connectivity index (χ3v) is 4.78. The van der Waals surface area contributed by atoms with E-state index in [-0.39, 0.29) is 18.4 Å². The monoisotopic (exact) mass is 386 g/mol. The lowest BCUT2D eigenvalue weighted by atomic mass is 9.99. The Morgan fingerprint density at radius 1 is 1.29 bits per heavy atom. The fourth-order valence-electron chi connectivity index (χ4n) is 3.29. The third kappa shape index (κ3) is 4.69. The zero-order valence-electron chi connectivity index (χ0n) is 16.2. The summed E-state index contributed by atoms with van der Waals surface area (Å²) in [5.74, 6) is -0.354. The molecule has 0 aliphatic carbocycles. The van der Waals surface area contributed by atoms with Crippen LogP contribution < -0.4 is 15.4 Å². The molecular formula is C20H26N4O4. The molecule has 0 radical (unpaired) electrons. The first-order valence-electron chi connectivity index (χ1n) is 9.47. The van der Waals surface area contributed by atoms with Gasteiger partial charge in [0.2, 0.25) is 0 Å². The van der Waals surface area contributed by atoms with Crippen molar-refractivity contribution >= 4 is 11.9 Å². The SMILES string of the molecule is CCOc1ccc(CC(CNC(=O)c2n[nH]c3c2CNCC3)C(=O)OC)cc1. The van der Waals surface area contributed by atoms with E-state index in [1.165, 1.54) is 7.11 Å². The number of hydrogen-bond donors (Lipinski definition) is 3. The Balaban J connectivity index is 1.63. The van der Waals surface area contributed by atoms with Gasteiger partial charge >= 0.3 is 5.97 Å². The summed E-state index contributed by atoms with van der Waals surface area (Å²) in [7, 11) is 1.35. The van der Waals surface area contributed by atoms with Crippen LogP contribution in [0.4, 0.5) is 0 Å². The molecule has 3 N–H and O–H groups in total. The first-order chi connectivity index (χ1) is 13.6. The number of aromatic nitrogens is 2. The van der Waals surface area contributed by atoms with Crippen molar-refractivity contribution < 1.29 is 19.1 Å². The minimum atomic E-state index is -0.486. The fourth-order valence-corrected chi connectivity index (χ4v) is 3.29. The van der Waals surface area contributed by atoms with Gasteiger partial charge in [-0.2, -0.15) is 5.10 Å². The van der Waals surface area contributed by atoms with E-state index in [1.54, 1.807) is 0 Å². The van der Waals surface area contributed by atoms with E-state index in [9.17, 15) is 9.59 Å². The van der Waals surface area contributed by atoms with Crippen LogP contribution >= 0.6 is 0 Å². The van der Waals surface area contributed by atoms with Crippen LogP contribution in [0.15, 0.2) is 24.3 Å². The van der Waals surface area contributed by atoms with Crippen molar-refractivity contribution in [3.63, 3.8) is 0 Å². The highest BCUT2D eigenvalue weighted by Crippen LogP contribution is 2.17. The molecule has 1 atom stereocenters. The van der Waals surface area contributed by atoms with E-state index >= 15 is 0 Å². The summed E-state index contributed by atoms with van der Waals surface area (Å²) in [5, 5.41) is 13.1. The molecule has 8 heteroatoms. The summed E-state index contributed by atoms with van der Waals surface area (Å²) in [6, 6.07) is 7.57. The zero-order valence-corrected chi connectivity index (χ0v) is 16.2. The van der Waals surface area contributed by atoms with Gasteiger partial charge in [0.15, 0.2) is 5.69 Å². The summed E-state index contributed by atoms with van der Waals surface area (Å²) in [4.78, 5) is 24.8. The highest BCUT2D eigenvalue weighted by Gasteiger charge is 2.24. The van der Waals surface area contributed by atoms with E-state index < -0.39 is 5.92 Å². The molecule has 1 aromatic heterocycles. The molecule has 1 aliphatic heterocycles. The van der Waals surface area contributed by atoms with Crippen molar-refractivity contribution in [1.82, 2.24) is 20.8 Å². The highest BCUT2D eigenvalue weighted by atomic mass is 16.5. The molecule has 0 saturated heterocycles. The topological polar surface area (TPSA) is 105 Å². The number of nitrogens with one attached hydrogen (secondary N) is 3. The van der Waals surface area contributed by atoms with Gasteiger partial charge in [0.1, 0.15) is 5.75 Å². The van der Waals surface area contributed by atoms with E-state index in [2.05, 4.69) is 20.8 Å². The Morgan fingerprint density at radius 2 is 2.07 bits per heavy atom. The second-order valence-corrected chi connectivity index (χ2v) is 6.67. The van der Waals surface area contributed by atoms with Gasteiger partial charge in [-0.15, -0.1) is 0 Å². The molecule has 150 valence electrons. The lowest BCUT2D eigenvalue weighted by Crippen LogP contribution is -2.35. The molecule has 0 spiro atoms. The Hall–Kier alpha value is -2.87. The van der Waals surface area contributed by atoms with E-state index in [0.29, 0.717) is 25.3 Å². The smallest absolute Gasteiger partial charge is 0.310 e. The molecular weight excluding hydrogens is 360 g/mol. The van der Waals surface area contributed by atoms with Crippen molar-refractivity contribution in [3.8, 4) is 5.75 Å². The van der Waals surface area contributed by atoms with Gasteiger partial charge in [-0.1, -0.05) is 12.1 Å². The van der Waals surface area contributed by atoms with Gasteiger partial charge in [-0.25, -0.2) is 0 Å². The van der Waals surface area contributed by atoms with Crippen LogP contribution in [-0.4, -0.2) is 48.9 Å². The molecule has 1 amide bonds. The Morgan fingerprint density at radius 3 is 2.79 bits per heavy atom.